The van der Waals surface area contributed by atoms with Crippen molar-refractivity contribution in [3.63, 3.8) is 0 Å². The van der Waals surface area contributed by atoms with Crippen molar-refractivity contribution in [1.29, 1.82) is 0 Å². The first-order valence-corrected chi connectivity index (χ1v) is 11.4. The van der Waals surface area contributed by atoms with Crippen molar-refractivity contribution in [2.24, 2.45) is 0 Å². The number of methoxy groups -OCH3 is 1. The van der Waals surface area contributed by atoms with Crippen LogP contribution in [0, 0.1) is 0 Å². The van der Waals surface area contributed by atoms with Gasteiger partial charge in [-0.1, -0.05) is 0 Å². The highest BCUT2D eigenvalue weighted by Crippen LogP contribution is 2.37. The maximum atomic E-state index is 13.5. The number of aliphatic hydroxyl groups excluding tert-OH is 2. The van der Waals surface area contributed by atoms with Gasteiger partial charge in [-0.25, -0.2) is 0 Å². The van der Waals surface area contributed by atoms with E-state index >= 15 is 0 Å². The van der Waals surface area contributed by atoms with Crippen molar-refractivity contribution < 1.29 is 34.0 Å². The topological polar surface area (TPSA) is 126 Å². The molecule has 1 aliphatic carbocycles. The van der Waals surface area contributed by atoms with E-state index in [0.717, 1.165) is 0 Å². The predicted molar refractivity (Wildman–Crippen MR) is 128 cm³/mol. The van der Waals surface area contributed by atoms with E-state index in [2.05, 4.69) is 10.6 Å². The van der Waals surface area contributed by atoms with Gasteiger partial charge >= 0.3 is 0 Å². The van der Waals surface area contributed by atoms with Gasteiger partial charge in [0, 0.05) is 48.8 Å². The number of aliphatic hydroxyl groups is 2. The smallest absolute Gasteiger partial charge is 0.196 e. The molecule has 0 spiro atoms. The second-order valence-electron chi connectivity index (χ2n) is 7.71. The molecule has 1 aliphatic rings. The molecule has 0 saturated heterocycles. The highest BCUT2D eigenvalue weighted by Gasteiger charge is 2.34. The zero-order chi connectivity index (χ0) is 24.3. The number of carbonyl (C=O) groups is 2. The Hall–Kier alpha value is -2.98. The second kappa shape index (κ2) is 13.0. The molecule has 0 amide bonds. The monoisotopic (exact) mass is 472 g/mol. The van der Waals surface area contributed by atoms with E-state index in [1.807, 2.05) is 0 Å². The zero-order valence-electron chi connectivity index (χ0n) is 19.4. The van der Waals surface area contributed by atoms with Gasteiger partial charge in [0.05, 0.1) is 44.7 Å². The average Bonchev–Trinajstić information content (AvgIpc) is 2.86. The Labute approximate surface area is 199 Å². The number of carbonyl (C=O) groups excluding carboxylic acids is 2. The van der Waals surface area contributed by atoms with Crippen molar-refractivity contribution in [2.75, 3.05) is 70.5 Å². The van der Waals surface area contributed by atoms with Crippen molar-refractivity contribution in [2.45, 2.75) is 12.8 Å². The minimum absolute atomic E-state index is 0.0240. The molecule has 2 aromatic carbocycles. The summed E-state index contributed by atoms with van der Waals surface area (Å²) in [5.41, 5.74) is 2.53. The van der Waals surface area contributed by atoms with Crippen LogP contribution >= 0.6 is 0 Å². The maximum absolute atomic E-state index is 13.5. The summed E-state index contributed by atoms with van der Waals surface area (Å²) in [5.74, 6) is 0.0507. The fourth-order valence-corrected chi connectivity index (χ4v) is 3.80. The van der Waals surface area contributed by atoms with E-state index in [4.69, 9.17) is 24.4 Å². The van der Waals surface area contributed by atoms with Crippen molar-refractivity contribution >= 4 is 22.9 Å². The summed E-state index contributed by atoms with van der Waals surface area (Å²) in [7, 11) is 1.52. The minimum atomic E-state index is -0.238. The number of nitrogens with one attached hydrogen (secondary N) is 2. The van der Waals surface area contributed by atoms with Gasteiger partial charge < -0.3 is 35.1 Å². The summed E-state index contributed by atoms with van der Waals surface area (Å²) < 4.78 is 15.8. The fourth-order valence-electron chi connectivity index (χ4n) is 3.80. The van der Waals surface area contributed by atoms with Crippen molar-refractivity contribution in [1.82, 2.24) is 0 Å². The third-order valence-electron chi connectivity index (χ3n) is 5.41. The lowest BCUT2D eigenvalue weighted by Gasteiger charge is -2.24. The number of anilines is 2. The van der Waals surface area contributed by atoms with Crippen LogP contribution in [0.2, 0.25) is 0 Å². The van der Waals surface area contributed by atoms with E-state index in [9.17, 15) is 9.59 Å². The second-order valence-corrected chi connectivity index (χ2v) is 7.71. The van der Waals surface area contributed by atoms with Gasteiger partial charge in [0.2, 0.25) is 0 Å². The normalized spacial score (nSPS) is 12.3. The largest absolute Gasteiger partial charge is 0.497 e. The van der Waals surface area contributed by atoms with Crippen LogP contribution in [0.3, 0.4) is 0 Å². The van der Waals surface area contributed by atoms with Gasteiger partial charge in [0.15, 0.2) is 11.6 Å². The first-order chi connectivity index (χ1) is 16.6. The lowest BCUT2D eigenvalue weighted by Crippen LogP contribution is -2.25. The Balaban J connectivity index is 1.85. The maximum Gasteiger partial charge on any atom is 0.196 e. The van der Waals surface area contributed by atoms with Gasteiger partial charge in [-0.05, 0) is 43.2 Å². The van der Waals surface area contributed by atoms with Gasteiger partial charge in [-0.3, -0.25) is 9.59 Å². The van der Waals surface area contributed by atoms with Gasteiger partial charge in [-0.2, -0.15) is 0 Å². The number of fused-ring (bicyclic) bond motifs is 2. The van der Waals surface area contributed by atoms with Gasteiger partial charge in [0.1, 0.15) is 5.75 Å². The summed E-state index contributed by atoms with van der Waals surface area (Å²) in [6, 6.07) is 8.51. The Kier molecular flexibility index (Phi) is 9.84. The van der Waals surface area contributed by atoms with Crippen LogP contribution in [-0.2, 0) is 9.47 Å². The zero-order valence-corrected chi connectivity index (χ0v) is 19.4. The molecule has 0 aliphatic heterocycles. The number of benzene rings is 2. The quantitative estimate of drug-likeness (QED) is 0.246. The molecule has 0 fully saturated rings. The summed E-state index contributed by atoms with van der Waals surface area (Å²) in [6.07, 6.45) is 1.35. The van der Waals surface area contributed by atoms with E-state index in [1.165, 1.54) is 7.11 Å². The number of ether oxygens (including phenoxy) is 3. The molecule has 0 unspecified atom stereocenters. The van der Waals surface area contributed by atoms with Crippen LogP contribution in [0.1, 0.15) is 44.7 Å². The van der Waals surface area contributed by atoms with E-state index in [1.54, 1.807) is 30.3 Å². The molecule has 0 atom stereocenters. The van der Waals surface area contributed by atoms with Crippen LogP contribution in [0.15, 0.2) is 30.3 Å². The Morgan fingerprint density at radius 3 is 1.76 bits per heavy atom. The van der Waals surface area contributed by atoms with Crippen LogP contribution < -0.4 is 15.4 Å². The molecule has 0 aromatic heterocycles. The molecule has 3 rings (SSSR count). The summed E-state index contributed by atoms with van der Waals surface area (Å²) in [6.45, 7) is 2.56. The number of hydrogen-bond donors (Lipinski definition) is 4. The number of ketones is 2. The lowest BCUT2D eigenvalue weighted by molar-refractivity contribution is 0.0921. The third-order valence-corrected chi connectivity index (χ3v) is 5.41. The summed E-state index contributed by atoms with van der Waals surface area (Å²) in [4.78, 5) is 27.0. The van der Waals surface area contributed by atoms with Crippen LogP contribution in [0.5, 0.6) is 5.75 Å². The lowest BCUT2D eigenvalue weighted by atomic mass is 9.82. The summed E-state index contributed by atoms with van der Waals surface area (Å²) in [5, 5.41) is 24.1. The molecule has 2 aromatic rings. The molecule has 9 nitrogen and oxygen atoms in total. The molecule has 0 saturated carbocycles. The molecule has 4 N–H and O–H groups in total. The highest BCUT2D eigenvalue weighted by molar-refractivity contribution is 6.32. The SMILES string of the molecule is COc1ccc2c(c1)C(=O)c1c(NCCCOCCO)ccc(NCCCOCCO)c1C2=O. The molecule has 34 heavy (non-hydrogen) atoms. The number of rotatable bonds is 15. The Morgan fingerprint density at radius 2 is 1.26 bits per heavy atom. The molecule has 0 heterocycles. The van der Waals surface area contributed by atoms with Crippen LogP contribution in [-0.4, -0.2) is 81.6 Å². The van der Waals surface area contributed by atoms with Crippen LogP contribution in [0.4, 0.5) is 11.4 Å². The highest BCUT2D eigenvalue weighted by atomic mass is 16.5. The van der Waals surface area contributed by atoms with Crippen molar-refractivity contribution in [3.05, 3.63) is 52.6 Å². The molecular weight excluding hydrogens is 440 g/mol. The first-order valence-electron chi connectivity index (χ1n) is 11.4. The number of hydrogen-bond acceptors (Lipinski definition) is 9. The molecule has 0 radical (unpaired) electrons. The molecular formula is C25H32N2O7. The van der Waals surface area contributed by atoms with Crippen molar-refractivity contribution in [3.8, 4) is 5.75 Å². The summed E-state index contributed by atoms with van der Waals surface area (Å²) >= 11 is 0. The Bertz CT molecular complexity index is 993. The van der Waals surface area contributed by atoms with Crippen LogP contribution in [0.25, 0.3) is 0 Å². The minimum Gasteiger partial charge on any atom is -0.497 e. The first kappa shape index (κ1) is 25.6. The molecule has 0 bridgehead atoms. The van der Waals surface area contributed by atoms with Gasteiger partial charge in [-0.15, -0.1) is 0 Å². The van der Waals surface area contributed by atoms with Gasteiger partial charge in [0.25, 0.3) is 0 Å². The van der Waals surface area contributed by atoms with E-state index < -0.39 is 0 Å². The van der Waals surface area contributed by atoms with E-state index in [-0.39, 0.29) is 38.0 Å². The Morgan fingerprint density at radius 1 is 0.735 bits per heavy atom. The standard InChI is InChI=1S/C25H32N2O7/c1-32-17-4-5-18-19(16-17)25(31)23-21(27-9-3-13-34-15-11-29)7-6-20(22(23)24(18)30)26-8-2-12-33-14-10-28/h4-7,16,26-29H,2-3,8-15H2,1H3. The fraction of sp³-hybridized carbons (Fsp3) is 0.440. The molecule has 9 heteroatoms. The predicted octanol–water partition coefficient (Wildman–Crippen LogP) is 2.09. The van der Waals surface area contributed by atoms with E-state index in [0.29, 0.717) is 78.5 Å². The average molecular weight is 473 g/mol. The molecule has 184 valence electrons. The third kappa shape index (κ3) is 6.12.